The summed E-state index contributed by atoms with van der Waals surface area (Å²) in [5.41, 5.74) is 0. The SMILES string of the molecule is CN=C(NCCNS(=O)(=O)c1cccs1)N(C)CC1CCC(C)CC1. The van der Waals surface area contributed by atoms with Gasteiger partial charge < -0.3 is 10.2 Å². The van der Waals surface area contributed by atoms with Gasteiger partial charge >= 0.3 is 0 Å². The normalized spacial score (nSPS) is 22.0. The topological polar surface area (TPSA) is 73.8 Å². The Bertz CT molecular complexity index is 636. The zero-order valence-electron chi connectivity index (χ0n) is 15.4. The molecule has 1 fully saturated rings. The lowest BCUT2D eigenvalue weighted by atomic mass is 9.83. The van der Waals surface area contributed by atoms with Crippen LogP contribution in [0.1, 0.15) is 32.6 Å². The van der Waals surface area contributed by atoms with Crippen LogP contribution in [0.15, 0.2) is 26.7 Å². The van der Waals surface area contributed by atoms with Crippen LogP contribution in [0.4, 0.5) is 0 Å². The number of nitrogens with one attached hydrogen (secondary N) is 2. The van der Waals surface area contributed by atoms with Crippen molar-refractivity contribution >= 4 is 27.3 Å². The Morgan fingerprint density at radius 1 is 1.32 bits per heavy atom. The highest BCUT2D eigenvalue weighted by Crippen LogP contribution is 2.28. The summed E-state index contributed by atoms with van der Waals surface area (Å²) >= 11 is 1.22. The van der Waals surface area contributed by atoms with E-state index in [4.69, 9.17) is 0 Å². The van der Waals surface area contributed by atoms with Gasteiger partial charge in [0, 0.05) is 33.7 Å². The van der Waals surface area contributed by atoms with Crippen molar-refractivity contribution in [1.29, 1.82) is 0 Å². The predicted molar refractivity (Wildman–Crippen MR) is 105 cm³/mol. The molecule has 0 amide bonds. The Morgan fingerprint density at radius 3 is 2.64 bits per heavy atom. The van der Waals surface area contributed by atoms with E-state index in [1.54, 1.807) is 24.6 Å². The van der Waals surface area contributed by atoms with Crippen LogP contribution in [-0.4, -0.2) is 53.0 Å². The molecule has 25 heavy (non-hydrogen) atoms. The largest absolute Gasteiger partial charge is 0.355 e. The van der Waals surface area contributed by atoms with Crippen molar-refractivity contribution in [3.63, 3.8) is 0 Å². The van der Waals surface area contributed by atoms with E-state index in [1.807, 2.05) is 7.05 Å². The number of thiophene rings is 1. The lowest BCUT2D eigenvalue weighted by Crippen LogP contribution is -2.44. The zero-order chi connectivity index (χ0) is 18.3. The molecule has 0 aromatic carbocycles. The first kappa shape index (κ1) is 20.2. The first-order valence-corrected chi connectivity index (χ1v) is 11.2. The number of hydrogen-bond acceptors (Lipinski definition) is 4. The summed E-state index contributed by atoms with van der Waals surface area (Å²) in [7, 11) is 0.412. The third kappa shape index (κ3) is 6.27. The average molecular weight is 387 g/mol. The highest BCUT2D eigenvalue weighted by molar-refractivity contribution is 7.91. The lowest BCUT2D eigenvalue weighted by Gasteiger charge is -2.31. The van der Waals surface area contributed by atoms with Crippen molar-refractivity contribution in [2.24, 2.45) is 16.8 Å². The Kier molecular flexibility index (Phi) is 7.71. The van der Waals surface area contributed by atoms with Gasteiger partial charge in [-0.05, 0) is 36.1 Å². The highest BCUT2D eigenvalue weighted by atomic mass is 32.2. The van der Waals surface area contributed by atoms with E-state index in [9.17, 15) is 8.42 Å². The number of hydrogen-bond donors (Lipinski definition) is 2. The monoisotopic (exact) mass is 386 g/mol. The molecule has 1 aliphatic rings. The first-order chi connectivity index (χ1) is 11.9. The summed E-state index contributed by atoms with van der Waals surface area (Å²) in [4.78, 5) is 6.46. The Hall–Kier alpha value is -1.12. The van der Waals surface area contributed by atoms with Crippen LogP contribution in [-0.2, 0) is 10.0 Å². The molecule has 1 aromatic rings. The second-order valence-corrected chi connectivity index (χ2v) is 9.75. The van der Waals surface area contributed by atoms with Crippen molar-refractivity contribution in [1.82, 2.24) is 14.9 Å². The van der Waals surface area contributed by atoms with E-state index in [0.29, 0.717) is 17.3 Å². The van der Waals surface area contributed by atoms with Crippen LogP contribution in [0.3, 0.4) is 0 Å². The molecule has 0 aliphatic heterocycles. The molecule has 0 bridgehead atoms. The molecule has 6 nitrogen and oxygen atoms in total. The van der Waals surface area contributed by atoms with Crippen LogP contribution in [0.2, 0.25) is 0 Å². The third-order valence-electron chi connectivity index (χ3n) is 4.70. The maximum Gasteiger partial charge on any atom is 0.250 e. The summed E-state index contributed by atoms with van der Waals surface area (Å²) in [6.45, 7) is 4.16. The molecule has 0 saturated heterocycles. The fraction of sp³-hybridized carbons (Fsp3) is 0.706. The van der Waals surface area contributed by atoms with Gasteiger partial charge in [0.15, 0.2) is 5.96 Å². The number of guanidine groups is 1. The highest BCUT2D eigenvalue weighted by Gasteiger charge is 2.20. The smallest absolute Gasteiger partial charge is 0.250 e. The van der Waals surface area contributed by atoms with Gasteiger partial charge in [-0.25, -0.2) is 13.1 Å². The molecular weight excluding hydrogens is 356 g/mol. The Balaban J connectivity index is 1.72. The van der Waals surface area contributed by atoms with Gasteiger partial charge in [0.1, 0.15) is 4.21 Å². The van der Waals surface area contributed by atoms with E-state index in [1.165, 1.54) is 37.0 Å². The second kappa shape index (κ2) is 9.54. The van der Waals surface area contributed by atoms with Crippen molar-refractivity contribution in [3.05, 3.63) is 17.5 Å². The summed E-state index contributed by atoms with van der Waals surface area (Å²) in [6.07, 6.45) is 5.19. The number of rotatable bonds is 7. The molecule has 2 rings (SSSR count). The van der Waals surface area contributed by atoms with Crippen LogP contribution >= 0.6 is 11.3 Å². The molecule has 0 atom stereocenters. The first-order valence-electron chi connectivity index (χ1n) is 8.87. The summed E-state index contributed by atoms with van der Waals surface area (Å²) in [6, 6.07) is 3.35. The van der Waals surface area contributed by atoms with Gasteiger partial charge in [-0.2, -0.15) is 0 Å². The van der Waals surface area contributed by atoms with E-state index < -0.39 is 10.0 Å². The predicted octanol–water partition coefficient (Wildman–Crippen LogP) is 2.36. The van der Waals surface area contributed by atoms with Crippen LogP contribution in [0.5, 0.6) is 0 Å². The standard InChI is InChI=1S/C17H30N4O2S2/c1-14-6-8-15(9-7-14)13-21(3)17(18-2)19-10-11-20-25(22,23)16-5-4-12-24-16/h4-5,12,14-15,20H,6-11,13H2,1-3H3,(H,18,19). The minimum atomic E-state index is -3.39. The van der Waals surface area contributed by atoms with Crippen LogP contribution in [0, 0.1) is 11.8 Å². The molecule has 1 saturated carbocycles. The van der Waals surface area contributed by atoms with Crippen molar-refractivity contribution in [2.75, 3.05) is 33.7 Å². The Morgan fingerprint density at radius 2 is 2.04 bits per heavy atom. The van der Waals surface area contributed by atoms with Gasteiger partial charge in [-0.3, -0.25) is 4.99 Å². The molecule has 8 heteroatoms. The fourth-order valence-corrected chi connectivity index (χ4v) is 5.29. The molecule has 1 heterocycles. The minimum Gasteiger partial charge on any atom is -0.355 e. The zero-order valence-corrected chi connectivity index (χ0v) is 17.0. The summed E-state index contributed by atoms with van der Waals surface area (Å²) in [5, 5.41) is 5.00. The molecule has 1 aliphatic carbocycles. The number of sulfonamides is 1. The second-order valence-electron chi connectivity index (χ2n) is 6.81. The molecule has 0 unspecified atom stereocenters. The van der Waals surface area contributed by atoms with E-state index >= 15 is 0 Å². The third-order valence-corrected chi connectivity index (χ3v) is 7.56. The van der Waals surface area contributed by atoms with Gasteiger partial charge in [-0.1, -0.05) is 25.8 Å². The quantitative estimate of drug-likeness (QED) is 0.429. The maximum atomic E-state index is 12.1. The lowest BCUT2D eigenvalue weighted by molar-refractivity contribution is 0.250. The maximum absolute atomic E-state index is 12.1. The molecular formula is C17H30N4O2S2. The van der Waals surface area contributed by atoms with E-state index in [2.05, 4.69) is 26.9 Å². The van der Waals surface area contributed by atoms with E-state index in [-0.39, 0.29) is 0 Å². The van der Waals surface area contributed by atoms with Gasteiger partial charge in [0.2, 0.25) is 10.0 Å². The van der Waals surface area contributed by atoms with Gasteiger partial charge in [0.25, 0.3) is 0 Å². The molecule has 2 N–H and O–H groups in total. The van der Waals surface area contributed by atoms with Crippen LogP contribution in [0.25, 0.3) is 0 Å². The van der Waals surface area contributed by atoms with Crippen LogP contribution < -0.4 is 10.0 Å². The van der Waals surface area contributed by atoms with Crippen molar-refractivity contribution in [3.8, 4) is 0 Å². The molecule has 1 aromatic heterocycles. The van der Waals surface area contributed by atoms with Gasteiger partial charge in [0.05, 0.1) is 0 Å². The van der Waals surface area contributed by atoms with Gasteiger partial charge in [-0.15, -0.1) is 11.3 Å². The fourth-order valence-electron chi connectivity index (χ4n) is 3.22. The van der Waals surface area contributed by atoms with E-state index in [0.717, 1.165) is 24.3 Å². The molecule has 142 valence electrons. The number of nitrogens with zero attached hydrogens (tertiary/aromatic N) is 2. The number of aliphatic imine (C=N–C) groups is 1. The molecule has 0 spiro atoms. The average Bonchev–Trinajstić information content (AvgIpc) is 3.12. The summed E-state index contributed by atoms with van der Waals surface area (Å²) in [5.74, 6) is 2.39. The Labute approximate surface area is 155 Å². The van der Waals surface area contributed by atoms with Crippen molar-refractivity contribution in [2.45, 2.75) is 36.8 Å². The van der Waals surface area contributed by atoms with Crippen molar-refractivity contribution < 1.29 is 8.42 Å². The summed E-state index contributed by atoms with van der Waals surface area (Å²) < 4.78 is 27.1. The molecule has 0 radical (unpaired) electrons. The minimum absolute atomic E-state index is 0.327.